The summed E-state index contributed by atoms with van der Waals surface area (Å²) in [5, 5.41) is 2.81. The van der Waals surface area contributed by atoms with Gasteiger partial charge >= 0.3 is 5.97 Å². The number of pyridine rings is 1. The van der Waals surface area contributed by atoms with Gasteiger partial charge in [-0.15, -0.1) is 0 Å². The molecule has 0 saturated heterocycles. The summed E-state index contributed by atoms with van der Waals surface area (Å²) in [4.78, 5) is 25.9. The van der Waals surface area contributed by atoms with Gasteiger partial charge in [-0.05, 0) is 31.7 Å². The maximum atomic E-state index is 15.0. The van der Waals surface area contributed by atoms with Crippen LogP contribution in [0.25, 0.3) is 10.9 Å². The molecule has 176 valence electrons. The van der Waals surface area contributed by atoms with Crippen LogP contribution >= 0.6 is 0 Å². The Kier molecular flexibility index (Phi) is 7.21. The highest BCUT2D eigenvalue weighted by atomic mass is 19.2. The molecule has 1 aromatic heterocycles. The molecule has 0 bridgehead atoms. The van der Waals surface area contributed by atoms with Gasteiger partial charge in [-0.25, -0.2) is 13.6 Å². The molecule has 1 heterocycles. The van der Waals surface area contributed by atoms with E-state index in [9.17, 15) is 18.4 Å². The van der Waals surface area contributed by atoms with E-state index in [-0.39, 0.29) is 35.3 Å². The second kappa shape index (κ2) is 10.5. The number of hydrogen-bond acceptors (Lipinski definition) is 4. The number of allylic oxidation sites excluding steroid dienone is 4. The number of nitrogens with one attached hydrogen (secondary N) is 1. The van der Waals surface area contributed by atoms with Crippen molar-refractivity contribution in [1.82, 2.24) is 4.57 Å². The Labute approximate surface area is 196 Å². The number of anilines is 1. The minimum Gasteiger partial charge on any atom is -0.462 e. The summed E-state index contributed by atoms with van der Waals surface area (Å²) in [5.41, 5.74) is 0.985. The Morgan fingerprint density at radius 2 is 1.97 bits per heavy atom. The number of benzene rings is 2. The van der Waals surface area contributed by atoms with E-state index in [2.05, 4.69) is 17.5 Å². The molecule has 3 aromatic rings. The van der Waals surface area contributed by atoms with Crippen LogP contribution in [0, 0.1) is 11.6 Å². The molecule has 0 spiro atoms. The Bertz CT molecular complexity index is 1330. The summed E-state index contributed by atoms with van der Waals surface area (Å²) >= 11 is 0. The normalized spacial score (nSPS) is 13.1. The predicted molar refractivity (Wildman–Crippen MR) is 129 cm³/mol. The minimum absolute atomic E-state index is 0.0754. The van der Waals surface area contributed by atoms with Crippen molar-refractivity contribution in [3.05, 3.63) is 99.4 Å². The molecule has 0 aliphatic heterocycles. The zero-order chi connectivity index (χ0) is 24.1. The molecule has 1 aliphatic rings. The third kappa shape index (κ3) is 4.93. The number of rotatable bonds is 8. The lowest BCUT2D eigenvalue weighted by Gasteiger charge is -2.18. The van der Waals surface area contributed by atoms with E-state index >= 15 is 0 Å². The van der Waals surface area contributed by atoms with Gasteiger partial charge in [-0.2, -0.15) is 0 Å². The summed E-state index contributed by atoms with van der Waals surface area (Å²) < 4.78 is 36.4. The van der Waals surface area contributed by atoms with Gasteiger partial charge in [0.25, 0.3) is 0 Å². The summed E-state index contributed by atoms with van der Waals surface area (Å²) in [7, 11) is 0. The third-order valence-electron chi connectivity index (χ3n) is 5.79. The molecule has 1 N–H and O–H groups in total. The van der Waals surface area contributed by atoms with Crippen molar-refractivity contribution < 1.29 is 18.3 Å². The molecule has 0 saturated carbocycles. The largest absolute Gasteiger partial charge is 0.462 e. The van der Waals surface area contributed by atoms with E-state index in [1.807, 2.05) is 36.4 Å². The van der Waals surface area contributed by atoms with Crippen molar-refractivity contribution in [3.63, 3.8) is 0 Å². The maximum Gasteiger partial charge on any atom is 0.343 e. The predicted octanol–water partition coefficient (Wildman–Crippen LogP) is 5.74. The van der Waals surface area contributed by atoms with Gasteiger partial charge in [0.15, 0.2) is 11.6 Å². The second-order valence-electron chi connectivity index (χ2n) is 8.08. The molecule has 0 fully saturated rings. The number of hydrogen-bond donors (Lipinski definition) is 1. The van der Waals surface area contributed by atoms with E-state index in [4.69, 9.17) is 4.74 Å². The zero-order valence-electron chi connectivity index (χ0n) is 18.9. The Morgan fingerprint density at radius 3 is 2.68 bits per heavy atom. The standard InChI is InChI=1S/C27H26F2N2O3/c1-2-34-27(33)20-17-31(14-13-18-9-5-3-6-10-18)22-15-21(28)24(29)25(23(22)26(20)32)30-16-19-11-7-4-8-12-19/h4-5,7-12,15,17,30H,2-3,6,13-14,16H2,1H3. The molecule has 0 amide bonds. The van der Waals surface area contributed by atoms with E-state index in [0.29, 0.717) is 13.0 Å². The van der Waals surface area contributed by atoms with E-state index in [1.165, 1.54) is 6.20 Å². The quantitative estimate of drug-likeness (QED) is 0.432. The van der Waals surface area contributed by atoms with Crippen LogP contribution in [0.4, 0.5) is 14.5 Å². The van der Waals surface area contributed by atoms with E-state index in [0.717, 1.165) is 30.0 Å². The number of esters is 1. The molecule has 0 radical (unpaired) electrons. The van der Waals surface area contributed by atoms with Crippen LogP contribution in [0.2, 0.25) is 0 Å². The van der Waals surface area contributed by atoms with E-state index in [1.54, 1.807) is 11.5 Å². The molecule has 1 aliphatic carbocycles. The number of ether oxygens (including phenoxy) is 1. The van der Waals surface area contributed by atoms with Crippen molar-refractivity contribution in [1.29, 1.82) is 0 Å². The smallest absolute Gasteiger partial charge is 0.343 e. The number of fused-ring (bicyclic) bond motifs is 1. The lowest BCUT2D eigenvalue weighted by atomic mass is 10.0. The monoisotopic (exact) mass is 464 g/mol. The topological polar surface area (TPSA) is 60.3 Å². The highest BCUT2D eigenvalue weighted by Crippen LogP contribution is 2.29. The Balaban J connectivity index is 1.84. The molecule has 2 aromatic carbocycles. The van der Waals surface area contributed by atoms with Crippen molar-refractivity contribution in [2.24, 2.45) is 0 Å². The number of carbonyl (C=O) groups excluding carboxylic acids is 1. The number of aryl methyl sites for hydroxylation is 1. The summed E-state index contributed by atoms with van der Waals surface area (Å²) in [6.45, 7) is 2.28. The molecule has 4 rings (SSSR count). The van der Waals surface area contributed by atoms with Crippen molar-refractivity contribution >= 4 is 22.6 Å². The van der Waals surface area contributed by atoms with Gasteiger partial charge in [0, 0.05) is 25.4 Å². The molecule has 0 unspecified atom stereocenters. The summed E-state index contributed by atoms with van der Waals surface area (Å²) in [6.07, 6.45) is 10.2. The van der Waals surface area contributed by atoms with E-state index < -0.39 is 23.0 Å². The molecular formula is C27H26F2N2O3. The Hall–Kier alpha value is -3.74. The highest BCUT2D eigenvalue weighted by molar-refractivity contribution is 5.98. The molecule has 34 heavy (non-hydrogen) atoms. The second-order valence-corrected chi connectivity index (χ2v) is 8.08. The van der Waals surface area contributed by atoms with Gasteiger partial charge in [0.05, 0.1) is 23.2 Å². The van der Waals surface area contributed by atoms with Gasteiger partial charge in [-0.3, -0.25) is 4.79 Å². The molecular weight excluding hydrogens is 438 g/mol. The fourth-order valence-electron chi connectivity index (χ4n) is 4.08. The van der Waals surface area contributed by atoms with Crippen LogP contribution in [-0.4, -0.2) is 17.1 Å². The molecule has 7 heteroatoms. The lowest BCUT2D eigenvalue weighted by Crippen LogP contribution is -2.23. The molecule has 5 nitrogen and oxygen atoms in total. The summed E-state index contributed by atoms with van der Waals surface area (Å²) in [5.74, 6) is -3.03. The fourth-order valence-corrected chi connectivity index (χ4v) is 4.08. The van der Waals surface area contributed by atoms with Crippen LogP contribution in [0.15, 0.2) is 71.2 Å². The highest BCUT2D eigenvalue weighted by Gasteiger charge is 2.23. The van der Waals surface area contributed by atoms with Crippen LogP contribution < -0.4 is 10.7 Å². The van der Waals surface area contributed by atoms with Gasteiger partial charge in [0.1, 0.15) is 5.56 Å². The number of nitrogens with zero attached hydrogens (tertiary/aromatic N) is 1. The van der Waals surface area contributed by atoms with Gasteiger partial charge < -0.3 is 14.6 Å². The van der Waals surface area contributed by atoms with Gasteiger partial charge in [-0.1, -0.05) is 54.1 Å². The Morgan fingerprint density at radius 1 is 1.18 bits per heavy atom. The first-order valence-electron chi connectivity index (χ1n) is 11.3. The first kappa shape index (κ1) is 23.4. The average Bonchev–Trinajstić information content (AvgIpc) is 2.85. The lowest BCUT2D eigenvalue weighted by molar-refractivity contribution is 0.0524. The SMILES string of the molecule is CCOC(=O)c1cn(CCC2=CCCC=C2)c2cc(F)c(F)c(NCc3ccccc3)c2c1=O. The van der Waals surface area contributed by atoms with Crippen LogP contribution in [-0.2, 0) is 17.8 Å². The van der Waals surface area contributed by atoms with Crippen LogP contribution in [0.1, 0.15) is 42.1 Å². The summed E-state index contributed by atoms with van der Waals surface area (Å²) in [6, 6.07) is 10.2. The third-order valence-corrected chi connectivity index (χ3v) is 5.79. The van der Waals surface area contributed by atoms with Crippen molar-refractivity contribution in [2.75, 3.05) is 11.9 Å². The average molecular weight is 465 g/mol. The van der Waals surface area contributed by atoms with Gasteiger partial charge in [0.2, 0.25) is 5.43 Å². The molecule has 0 atom stereocenters. The van der Waals surface area contributed by atoms with Crippen LogP contribution in [0.3, 0.4) is 0 Å². The van der Waals surface area contributed by atoms with Crippen molar-refractivity contribution in [2.45, 2.75) is 39.3 Å². The number of halogens is 2. The number of carbonyl (C=O) groups is 1. The fraction of sp³-hybridized carbons (Fsp3) is 0.259. The maximum absolute atomic E-state index is 15.0. The number of aromatic nitrogens is 1. The van der Waals surface area contributed by atoms with Crippen molar-refractivity contribution in [3.8, 4) is 0 Å². The minimum atomic E-state index is -1.16. The van der Waals surface area contributed by atoms with Crippen LogP contribution in [0.5, 0.6) is 0 Å². The first-order valence-corrected chi connectivity index (χ1v) is 11.3. The first-order chi connectivity index (χ1) is 16.5. The zero-order valence-corrected chi connectivity index (χ0v) is 18.9.